The lowest BCUT2D eigenvalue weighted by Crippen LogP contribution is -2.50. The van der Waals surface area contributed by atoms with Crippen LogP contribution in [-0.4, -0.2) is 59.5 Å². The van der Waals surface area contributed by atoms with Gasteiger partial charge in [-0.1, -0.05) is 30.3 Å². The number of piperazine rings is 1. The number of carbonyl (C=O) groups excluding carboxylic acids is 2. The second-order valence-corrected chi connectivity index (χ2v) is 7.27. The monoisotopic (exact) mass is 380 g/mol. The number of rotatable bonds is 3. The molecule has 1 fully saturated rings. The van der Waals surface area contributed by atoms with Gasteiger partial charge in [0, 0.05) is 32.6 Å². The summed E-state index contributed by atoms with van der Waals surface area (Å²) < 4.78 is 5.68. The molecule has 28 heavy (non-hydrogen) atoms. The maximum absolute atomic E-state index is 12.8. The number of aromatic hydroxyl groups is 1. The zero-order valence-corrected chi connectivity index (χ0v) is 15.7. The van der Waals surface area contributed by atoms with Crippen LogP contribution in [0.3, 0.4) is 0 Å². The standard InChI is InChI=1S/C22H24N2O4/c25-19-7-3-1-6-18(19)22(27)24-12-10-23(11-13-24)21(26)15-16-9-14-28-20-8-4-2-5-17(16)20/h1-8,16,25H,9-15H2. The molecule has 2 aromatic carbocycles. The van der Waals surface area contributed by atoms with Gasteiger partial charge in [0.25, 0.3) is 5.91 Å². The Morgan fingerprint density at radius 3 is 2.43 bits per heavy atom. The molecule has 0 radical (unpaired) electrons. The summed E-state index contributed by atoms with van der Waals surface area (Å²) in [6, 6.07) is 14.5. The summed E-state index contributed by atoms with van der Waals surface area (Å²) in [6.45, 7) is 2.62. The minimum atomic E-state index is -0.191. The summed E-state index contributed by atoms with van der Waals surface area (Å²) in [7, 11) is 0. The molecule has 2 heterocycles. The Balaban J connectivity index is 1.35. The second kappa shape index (κ2) is 7.92. The largest absolute Gasteiger partial charge is 0.507 e. The van der Waals surface area contributed by atoms with E-state index in [4.69, 9.17) is 4.74 Å². The Morgan fingerprint density at radius 2 is 1.64 bits per heavy atom. The fourth-order valence-corrected chi connectivity index (χ4v) is 3.95. The number of ether oxygens (including phenoxy) is 1. The molecule has 0 saturated carbocycles. The van der Waals surface area contributed by atoms with E-state index >= 15 is 0 Å². The molecule has 1 N–H and O–H groups in total. The van der Waals surface area contributed by atoms with Crippen LogP contribution in [0.15, 0.2) is 48.5 Å². The zero-order chi connectivity index (χ0) is 19.5. The molecule has 0 spiro atoms. The van der Waals surface area contributed by atoms with Gasteiger partial charge in [-0.05, 0) is 36.1 Å². The highest BCUT2D eigenvalue weighted by atomic mass is 16.5. The van der Waals surface area contributed by atoms with Gasteiger partial charge in [-0.15, -0.1) is 0 Å². The van der Waals surface area contributed by atoms with Crippen LogP contribution in [0.1, 0.15) is 34.7 Å². The van der Waals surface area contributed by atoms with Gasteiger partial charge in [0.05, 0.1) is 12.2 Å². The fraction of sp³-hybridized carbons (Fsp3) is 0.364. The van der Waals surface area contributed by atoms with E-state index in [1.54, 1.807) is 23.1 Å². The third-order valence-electron chi connectivity index (χ3n) is 5.56. The Bertz CT molecular complexity index is 874. The van der Waals surface area contributed by atoms with Crippen molar-refractivity contribution in [3.63, 3.8) is 0 Å². The van der Waals surface area contributed by atoms with Crippen molar-refractivity contribution in [2.75, 3.05) is 32.8 Å². The number of hydrogen-bond acceptors (Lipinski definition) is 4. The van der Waals surface area contributed by atoms with Gasteiger partial charge >= 0.3 is 0 Å². The Morgan fingerprint density at radius 1 is 0.964 bits per heavy atom. The molecule has 4 rings (SSSR count). The first-order chi connectivity index (χ1) is 13.6. The van der Waals surface area contributed by atoms with Crippen LogP contribution in [0.5, 0.6) is 11.5 Å². The van der Waals surface area contributed by atoms with Gasteiger partial charge in [-0.2, -0.15) is 0 Å². The molecular weight excluding hydrogens is 356 g/mol. The topological polar surface area (TPSA) is 70.1 Å². The van der Waals surface area contributed by atoms with E-state index in [-0.39, 0.29) is 23.5 Å². The predicted molar refractivity (Wildman–Crippen MR) is 105 cm³/mol. The Hall–Kier alpha value is -3.02. The van der Waals surface area contributed by atoms with Gasteiger partial charge in [-0.3, -0.25) is 9.59 Å². The molecule has 1 unspecified atom stereocenters. The smallest absolute Gasteiger partial charge is 0.257 e. The van der Waals surface area contributed by atoms with Crippen LogP contribution in [-0.2, 0) is 4.79 Å². The second-order valence-electron chi connectivity index (χ2n) is 7.27. The molecule has 1 atom stereocenters. The van der Waals surface area contributed by atoms with Crippen molar-refractivity contribution in [1.82, 2.24) is 9.80 Å². The SMILES string of the molecule is O=C(CC1CCOc2ccccc21)N1CCN(C(=O)c2ccccc2O)CC1. The number of para-hydroxylation sites is 2. The van der Waals surface area contributed by atoms with Crippen molar-refractivity contribution in [2.24, 2.45) is 0 Å². The summed E-state index contributed by atoms with van der Waals surface area (Å²) in [5.74, 6) is 0.979. The van der Waals surface area contributed by atoms with Crippen LogP contribution >= 0.6 is 0 Å². The van der Waals surface area contributed by atoms with Gasteiger partial charge in [0.1, 0.15) is 11.5 Å². The highest BCUT2D eigenvalue weighted by molar-refractivity contribution is 5.97. The quantitative estimate of drug-likeness (QED) is 0.889. The number of phenolic OH excluding ortho intramolecular Hbond substituents is 1. The molecule has 0 aliphatic carbocycles. The van der Waals surface area contributed by atoms with E-state index < -0.39 is 0 Å². The predicted octanol–water partition coefficient (Wildman–Crippen LogP) is 2.63. The van der Waals surface area contributed by atoms with Crippen molar-refractivity contribution in [3.05, 3.63) is 59.7 Å². The average Bonchev–Trinajstić information content (AvgIpc) is 2.74. The highest BCUT2D eigenvalue weighted by Gasteiger charge is 2.29. The Kier molecular flexibility index (Phi) is 5.19. The molecule has 2 amide bonds. The summed E-state index contributed by atoms with van der Waals surface area (Å²) in [6.07, 6.45) is 1.31. The first-order valence-corrected chi connectivity index (χ1v) is 9.70. The van der Waals surface area contributed by atoms with E-state index in [0.717, 1.165) is 17.7 Å². The average molecular weight is 380 g/mol. The van der Waals surface area contributed by atoms with E-state index in [1.165, 1.54) is 6.07 Å². The molecule has 2 aliphatic heterocycles. The summed E-state index contributed by atoms with van der Waals surface area (Å²) in [5.41, 5.74) is 1.41. The summed E-state index contributed by atoms with van der Waals surface area (Å²) in [5, 5.41) is 9.89. The molecule has 6 heteroatoms. The number of nitrogens with zero attached hydrogens (tertiary/aromatic N) is 2. The normalized spacial score (nSPS) is 18.9. The van der Waals surface area contributed by atoms with E-state index in [9.17, 15) is 14.7 Å². The number of amides is 2. The lowest BCUT2D eigenvalue weighted by Gasteiger charge is -2.36. The van der Waals surface area contributed by atoms with Gasteiger partial charge < -0.3 is 19.6 Å². The lowest BCUT2D eigenvalue weighted by molar-refractivity contribution is -0.133. The van der Waals surface area contributed by atoms with Crippen molar-refractivity contribution < 1.29 is 19.4 Å². The molecular formula is C22H24N2O4. The van der Waals surface area contributed by atoms with Crippen LogP contribution in [0, 0.1) is 0 Å². The first-order valence-electron chi connectivity index (χ1n) is 9.70. The van der Waals surface area contributed by atoms with Crippen LogP contribution in [0.2, 0.25) is 0 Å². The molecule has 6 nitrogen and oxygen atoms in total. The summed E-state index contributed by atoms with van der Waals surface area (Å²) >= 11 is 0. The zero-order valence-electron chi connectivity index (χ0n) is 15.7. The van der Waals surface area contributed by atoms with Crippen molar-refractivity contribution in [1.29, 1.82) is 0 Å². The van der Waals surface area contributed by atoms with Crippen molar-refractivity contribution in [3.8, 4) is 11.5 Å². The van der Waals surface area contributed by atoms with E-state index in [2.05, 4.69) is 0 Å². The third kappa shape index (κ3) is 3.67. The fourth-order valence-electron chi connectivity index (χ4n) is 3.95. The molecule has 0 bridgehead atoms. The maximum Gasteiger partial charge on any atom is 0.257 e. The minimum absolute atomic E-state index is 0.0100. The van der Waals surface area contributed by atoms with E-state index in [1.807, 2.05) is 29.2 Å². The van der Waals surface area contributed by atoms with Gasteiger partial charge in [-0.25, -0.2) is 0 Å². The van der Waals surface area contributed by atoms with Crippen LogP contribution in [0.4, 0.5) is 0 Å². The maximum atomic E-state index is 12.8. The van der Waals surface area contributed by atoms with Gasteiger partial charge in [0.15, 0.2) is 0 Å². The highest BCUT2D eigenvalue weighted by Crippen LogP contribution is 2.35. The first kappa shape index (κ1) is 18.3. The molecule has 1 saturated heterocycles. The van der Waals surface area contributed by atoms with E-state index in [0.29, 0.717) is 44.8 Å². The minimum Gasteiger partial charge on any atom is -0.507 e. The molecule has 146 valence electrons. The lowest BCUT2D eigenvalue weighted by atomic mass is 9.90. The van der Waals surface area contributed by atoms with Gasteiger partial charge in [0.2, 0.25) is 5.91 Å². The molecule has 2 aliphatic rings. The molecule has 0 aromatic heterocycles. The number of benzene rings is 2. The number of phenols is 1. The van der Waals surface area contributed by atoms with Crippen LogP contribution in [0.25, 0.3) is 0 Å². The number of carbonyl (C=O) groups is 2. The van der Waals surface area contributed by atoms with Crippen molar-refractivity contribution >= 4 is 11.8 Å². The summed E-state index contributed by atoms with van der Waals surface area (Å²) in [4.78, 5) is 29.0. The molecule has 2 aromatic rings. The Labute approximate surface area is 164 Å². The third-order valence-corrected chi connectivity index (χ3v) is 5.56. The number of fused-ring (bicyclic) bond motifs is 1. The number of hydrogen-bond donors (Lipinski definition) is 1. The van der Waals surface area contributed by atoms with Crippen molar-refractivity contribution in [2.45, 2.75) is 18.8 Å². The van der Waals surface area contributed by atoms with Crippen LogP contribution < -0.4 is 4.74 Å².